The Balaban J connectivity index is 2.85. The highest BCUT2D eigenvalue weighted by molar-refractivity contribution is 5.95. The van der Waals surface area contributed by atoms with E-state index in [4.69, 9.17) is 0 Å². The second-order valence-corrected chi connectivity index (χ2v) is 3.01. The lowest BCUT2D eigenvalue weighted by Gasteiger charge is -2.02. The number of ketones is 1. The minimum atomic E-state index is 0.206. The van der Waals surface area contributed by atoms with E-state index in [1.165, 1.54) is 0 Å². The summed E-state index contributed by atoms with van der Waals surface area (Å²) in [7, 11) is 1.90. The summed E-state index contributed by atoms with van der Waals surface area (Å²) in [5, 5.41) is 3.06. The van der Waals surface area contributed by atoms with Crippen LogP contribution >= 0.6 is 0 Å². The van der Waals surface area contributed by atoms with Crippen LogP contribution in [0.1, 0.15) is 29.3 Å². The zero-order chi connectivity index (χ0) is 9.68. The third-order valence-electron chi connectivity index (χ3n) is 1.95. The van der Waals surface area contributed by atoms with Gasteiger partial charge in [0, 0.05) is 18.5 Å². The van der Waals surface area contributed by atoms with Gasteiger partial charge in [0.25, 0.3) is 0 Å². The van der Waals surface area contributed by atoms with Crippen LogP contribution in [0.4, 0.5) is 0 Å². The van der Waals surface area contributed by atoms with Crippen LogP contribution in [-0.2, 0) is 6.54 Å². The average Bonchev–Trinajstić information content (AvgIpc) is 2.18. The summed E-state index contributed by atoms with van der Waals surface area (Å²) in [4.78, 5) is 11.3. The van der Waals surface area contributed by atoms with Gasteiger partial charge in [-0.05, 0) is 18.7 Å². The van der Waals surface area contributed by atoms with E-state index >= 15 is 0 Å². The summed E-state index contributed by atoms with van der Waals surface area (Å²) in [6.45, 7) is 2.69. The van der Waals surface area contributed by atoms with Crippen LogP contribution in [0, 0.1) is 0 Å². The van der Waals surface area contributed by atoms with Crippen molar-refractivity contribution >= 4 is 5.78 Å². The van der Waals surface area contributed by atoms with Crippen LogP contribution in [0.5, 0.6) is 0 Å². The number of carbonyl (C=O) groups excluding carboxylic acids is 1. The second kappa shape index (κ2) is 4.77. The van der Waals surface area contributed by atoms with Gasteiger partial charge in [-0.3, -0.25) is 4.79 Å². The molecule has 0 aliphatic heterocycles. The Morgan fingerprint density at radius 3 is 2.85 bits per heavy atom. The lowest BCUT2D eigenvalue weighted by atomic mass is 10.1. The van der Waals surface area contributed by atoms with Crippen LogP contribution in [0.3, 0.4) is 0 Å². The molecule has 2 heteroatoms. The quantitative estimate of drug-likeness (QED) is 0.713. The predicted octanol–water partition coefficient (Wildman–Crippen LogP) is 2.00. The lowest BCUT2D eigenvalue weighted by Crippen LogP contribution is -2.06. The van der Waals surface area contributed by atoms with E-state index in [0.29, 0.717) is 6.42 Å². The molecule has 0 heterocycles. The van der Waals surface area contributed by atoms with E-state index in [1.807, 2.05) is 38.2 Å². The van der Waals surface area contributed by atoms with Crippen molar-refractivity contribution in [2.45, 2.75) is 19.9 Å². The summed E-state index contributed by atoms with van der Waals surface area (Å²) in [6.07, 6.45) is 0.572. The molecule has 0 amide bonds. The highest BCUT2D eigenvalue weighted by Gasteiger charge is 2.02. The smallest absolute Gasteiger partial charge is 0.162 e. The van der Waals surface area contributed by atoms with Gasteiger partial charge in [0.05, 0.1) is 0 Å². The van der Waals surface area contributed by atoms with Gasteiger partial charge in [-0.15, -0.1) is 0 Å². The Bertz CT molecular complexity index is 294. The SMILES string of the molecule is CCC(=O)c1cccc(CNC)c1. The zero-order valence-electron chi connectivity index (χ0n) is 8.13. The molecule has 0 atom stereocenters. The maximum atomic E-state index is 11.3. The summed E-state index contributed by atoms with van der Waals surface area (Å²) in [5.74, 6) is 0.206. The Hall–Kier alpha value is -1.15. The lowest BCUT2D eigenvalue weighted by molar-refractivity contribution is 0.0988. The molecule has 1 aromatic rings. The first-order chi connectivity index (χ1) is 6.27. The molecule has 1 N–H and O–H groups in total. The molecule has 0 unspecified atom stereocenters. The van der Waals surface area contributed by atoms with Gasteiger partial charge in [-0.25, -0.2) is 0 Å². The third-order valence-corrected chi connectivity index (χ3v) is 1.95. The number of Topliss-reactive ketones (excluding diaryl/α,β-unsaturated/α-hetero) is 1. The number of hydrogen-bond acceptors (Lipinski definition) is 2. The molecular weight excluding hydrogens is 162 g/mol. The molecule has 0 spiro atoms. The van der Waals surface area contributed by atoms with Gasteiger partial charge in [0.2, 0.25) is 0 Å². The van der Waals surface area contributed by atoms with Gasteiger partial charge in [0.1, 0.15) is 0 Å². The number of nitrogens with one attached hydrogen (secondary N) is 1. The molecule has 0 aliphatic carbocycles. The van der Waals surface area contributed by atoms with Gasteiger partial charge in [-0.2, -0.15) is 0 Å². The van der Waals surface area contributed by atoms with Crippen LogP contribution in [0.25, 0.3) is 0 Å². The molecule has 13 heavy (non-hydrogen) atoms. The van der Waals surface area contributed by atoms with E-state index in [0.717, 1.165) is 17.7 Å². The van der Waals surface area contributed by atoms with Crippen molar-refractivity contribution in [3.8, 4) is 0 Å². The Morgan fingerprint density at radius 1 is 1.46 bits per heavy atom. The molecule has 0 saturated heterocycles. The van der Waals surface area contributed by atoms with Crippen molar-refractivity contribution < 1.29 is 4.79 Å². The molecule has 0 aliphatic rings. The highest BCUT2D eigenvalue weighted by atomic mass is 16.1. The predicted molar refractivity (Wildman–Crippen MR) is 53.8 cm³/mol. The van der Waals surface area contributed by atoms with Gasteiger partial charge < -0.3 is 5.32 Å². The van der Waals surface area contributed by atoms with E-state index in [2.05, 4.69) is 5.32 Å². The van der Waals surface area contributed by atoms with E-state index in [9.17, 15) is 4.79 Å². The topological polar surface area (TPSA) is 29.1 Å². The van der Waals surface area contributed by atoms with Crippen LogP contribution in [0.15, 0.2) is 24.3 Å². The Kier molecular flexibility index (Phi) is 3.65. The van der Waals surface area contributed by atoms with Crippen LogP contribution in [-0.4, -0.2) is 12.8 Å². The first-order valence-corrected chi connectivity index (χ1v) is 4.54. The molecule has 2 nitrogen and oxygen atoms in total. The van der Waals surface area contributed by atoms with Crippen molar-refractivity contribution in [1.29, 1.82) is 0 Å². The number of hydrogen-bond donors (Lipinski definition) is 1. The standard InChI is InChI=1S/C11H15NO/c1-3-11(13)10-6-4-5-9(7-10)8-12-2/h4-7,12H,3,8H2,1-2H3. The van der Waals surface area contributed by atoms with Crippen molar-refractivity contribution in [1.82, 2.24) is 5.32 Å². The van der Waals surface area contributed by atoms with Crippen molar-refractivity contribution in [3.05, 3.63) is 35.4 Å². The molecule has 0 fully saturated rings. The summed E-state index contributed by atoms with van der Waals surface area (Å²) in [6, 6.07) is 7.76. The molecule has 1 aromatic carbocycles. The monoisotopic (exact) mass is 177 g/mol. The molecule has 1 rings (SSSR count). The van der Waals surface area contributed by atoms with Crippen LogP contribution in [0.2, 0.25) is 0 Å². The Morgan fingerprint density at radius 2 is 2.23 bits per heavy atom. The largest absolute Gasteiger partial charge is 0.316 e. The van der Waals surface area contributed by atoms with Gasteiger partial charge in [0.15, 0.2) is 5.78 Å². The molecule has 70 valence electrons. The van der Waals surface area contributed by atoms with Gasteiger partial charge in [-0.1, -0.05) is 25.1 Å². The minimum absolute atomic E-state index is 0.206. The fourth-order valence-electron chi connectivity index (χ4n) is 1.26. The molecule has 0 saturated carbocycles. The van der Waals surface area contributed by atoms with Crippen molar-refractivity contribution in [3.63, 3.8) is 0 Å². The first kappa shape index (κ1) is 9.93. The molecular formula is C11H15NO. The summed E-state index contributed by atoms with van der Waals surface area (Å²) < 4.78 is 0. The maximum Gasteiger partial charge on any atom is 0.162 e. The van der Waals surface area contributed by atoms with E-state index in [1.54, 1.807) is 0 Å². The Labute approximate surface area is 79.0 Å². The second-order valence-electron chi connectivity index (χ2n) is 3.01. The fourth-order valence-corrected chi connectivity index (χ4v) is 1.26. The fraction of sp³-hybridized carbons (Fsp3) is 0.364. The van der Waals surface area contributed by atoms with E-state index < -0.39 is 0 Å². The summed E-state index contributed by atoms with van der Waals surface area (Å²) >= 11 is 0. The minimum Gasteiger partial charge on any atom is -0.316 e. The molecule has 0 aromatic heterocycles. The van der Waals surface area contributed by atoms with Crippen molar-refractivity contribution in [2.75, 3.05) is 7.05 Å². The van der Waals surface area contributed by atoms with E-state index in [-0.39, 0.29) is 5.78 Å². The molecule has 0 bridgehead atoms. The maximum absolute atomic E-state index is 11.3. The zero-order valence-corrected chi connectivity index (χ0v) is 8.13. The number of benzene rings is 1. The number of rotatable bonds is 4. The molecule has 0 radical (unpaired) electrons. The summed E-state index contributed by atoms with van der Waals surface area (Å²) in [5.41, 5.74) is 1.97. The first-order valence-electron chi connectivity index (χ1n) is 4.54. The van der Waals surface area contributed by atoms with Gasteiger partial charge >= 0.3 is 0 Å². The van der Waals surface area contributed by atoms with Crippen LogP contribution < -0.4 is 5.32 Å². The van der Waals surface area contributed by atoms with Crippen molar-refractivity contribution in [2.24, 2.45) is 0 Å². The highest BCUT2D eigenvalue weighted by Crippen LogP contribution is 2.07. The number of carbonyl (C=O) groups is 1. The third kappa shape index (κ3) is 2.67. The average molecular weight is 177 g/mol. The normalized spacial score (nSPS) is 10.0.